The second kappa shape index (κ2) is 4.73. The number of methoxy groups -OCH3 is 1. The second-order valence-electron chi connectivity index (χ2n) is 4.13. The largest absolute Gasteiger partial charge is 0.399 e. The monoisotopic (exact) mass is 235 g/mol. The number of aryl methyl sites for hydroxylation is 1. The van der Waals surface area contributed by atoms with Gasteiger partial charge in [0.15, 0.2) is 0 Å². The number of ether oxygens (including phenoxy) is 1. The molecule has 0 saturated heterocycles. The van der Waals surface area contributed by atoms with E-state index in [4.69, 9.17) is 10.5 Å². The molecular formula is C12H17N3O2. The molecule has 1 heterocycles. The average molecular weight is 235 g/mol. The normalized spacial score (nSPS) is 13.1. The van der Waals surface area contributed by atoms with E-state index in [9.17, 15) is 5.11 Å². The van der Waals surface area contributed by atoms with Crippen molar-refractivity contribution in [3.05, 3.63) is 24.0 Å². The van der Waals surface area contributed by atoms with Crippen molar-refractivity contribution in [2.75, 3.05) is 19.5 Å². The molecule has 2 aromatic rings. The minimum atomic E-state index is -0.534. The molecule has 0 radical (unpaired) electrons. The number of benzene rings is 1. The molecular weight excluding hydrogens is 218 g/mol. The van der Waals surface area contributed by atoms with E-state index in [2.05, 4.69) is 4.98 Å². The number of hydrogen-bond donors (Lipinski definition) is 2. The number of nitrogens with two attached hydrogens (primary N) is 1. The van der Waals surface area contributed by atoms with Gasteiger partial charge in [-0.05, 0) is 25.1 Å². The highest BCUT2D eigenvalue weighted by atomic mass is 16.5. The van der Waals surface area contributed by atoms with Gasteiger partial charge in [-0.3, -0.25) is 0 Å². The van der Waals surface area contributed by atoms with E-state index in [0.29, 0.717) is 18.8 Å². The molecule has 1 aromatic carbocycles. The first-order valence-corrected chi connectivity index (χ1v) is 5.51. The standard InChI is InChI=1S/C12H17N3O2/c1-8-14-11-5-9(13)3-4-12(11)15(8)6-10(16)7-17-2/h3-5,10,16H,6-7,13H2,1-2H3. The number of hydrogen-bond acceptors (Lipinski definition) is 4. The first-order valence-electron chi connectivity index (χ1n) is 5.51. The Hall–Kier alpha value is -1.59. The number of rotatable bonds is 4. The van der Waals surface area contributed by atoms with Crippen molar-refractivity contribution in [3.8, 4) is 0 Å². The molecule has 2 rings (SSSR count). The third-order valence-electron chi connectivity index (χ3n) is 2.72. The van der Waals surface area contributed by atoms with Gasteiger partial charge in [-0.15, -0.1) is 0 Å². The number of nitrogens with zero attached hydrogens (tertiary/aromatic N) is 2. The van der Waals surface area contributed by atoms with Crippen LogP contribution >= 0.6 is 0 Å². The predicted molar refractivity (Wildman–Crippen MR) is 66.8 cm³/mol. The minimum Gasteiger partial charge on any atom is -0.399 e. The number of aromatic nitrogens is 2. The van der Waals surface area contributed by atoms with E-state index in [0.717, 1.165) is 16.9 Å². The summed E-state index contributed by atoms with van der Waals surface area (Å²) in [6.45, 7) is 2.70. The van der Waals surface area contributed by atoms with Gasteiger partial charge in [-0.2, -0.15) is 0 Å². The van der Waals surface area contributed by atoms with Crippen molar-refractivity contribution in [1.82, 2.24) is 9.55 Å². The Balaban J connectivity index is 2.36. The molecule has 0 amide bonds. The van der Waals surface area contributed by atoms with Crippen LogP contribution in [-0.4, -0.2) is 34.5 Å². The van der Waals surface area contributed by atoms with Crippen LogP contribution in [0.3, 0.4) is 0 Å². The Morgan fingerprint density at radius 1 is 1.53 bits per heavy atom. The molecule has 17 heavy (non-hydrogen) atoms. The fourth-order valence-corrected chi connectivity index (χ4v) is 1.95. The lowest BCUT2D eigenvalue weighted by Gasteiger charge is -2.12. The summed E-state index contributed by atoms with van der Waals surface area (Å²) >= 11 is 0. The molecule has 1 atom stereocenters. The Kier molecular flexibility index (Phi) is 3.31. The Bertz CT molecular complexity index is 522. The summed E-state index contributed by atoms with van der Waals surface area (Å²) in [5, 5.41) is 9.76. The van der Waals surface area contributed by atoms with Crippen LogP contribution in [0.2, 0.25) is 0 Å². The van der Waals surface area contributed by atoms with Crippen LogP contribution in [0.5, 0.6) is 0 Å². The van der Waals surface area contributed by atoms with Gasteiger partial charge in [0.1, 0.15) is 5.82 Å². The Labute approximate surface area is 99.8 Å². The van der Waals surface area contributed by atoms with Crippen LogP contribution in [-0.2, 0) is 11.3 Å². The second-order valence-corrected chi connectivity index (χ2v) is 4.13. The molecule has 0 aliphatic heterocycles. The lowest BCUT2D eigenvalue weighted by atomic mass is 10.2. The summed E-state index contributed by atoms with van der Waals surface area (Å²) in [6.07, 6.45) is -0.534. The summed E-state index contributed by atoms with van der Waals surface area (Å²) in [5.41, 5.74) is 8.24. The van der Waals surface area contributed by atoms with Gasteiger partial charge in [0.25, 0.3) is 0 Å². The topological polar surface area (TPSA) is 73.3 Å². The maximum absolute atomic E-state index is 9.76. The van der Waals surface area contributed by atoms with Crippen molar-refractivity contribution < 1.29 is 9.84 Å². The highest BCUT2D eigenvalue weighted by Crippen LogP contribution is 2.19. The molecule has 0 fully saturated rings. The first-order chi connectivity index (χ1) is 8.11. The number of fused-ring (bicyclic) bond motifs is 1. The molecule has 0 aliphatic rings. The number of aliphatic hydroxyl groups excluding tert-OH is 1. The van der Waals surface area contributed by atoms with Gasteiger partial charge in [-0.25, -0.2) is 4.98 Å². The quantitative estimate of drug-likeness (QED) is 0.773. The highest BCUT2D eigenvalue weighted by molar-refractivity contribution is 5.79. The molecule has 1 aromatic heterocycles. The van der Waals surface area contributed by atoms with E-state index < -0.39 is 6.10 Å². The summed E-state index contributed by atoms with van der Waals surface area (Å²) in [7, 11) is 1.57. The lowest BCUT2D eigenvalue weighted by Crippen LogP contribution is -2.21. The van der Waals surface area contributed by atoms with E-state index in [1.807, 2.05) is 29.7 Å². The van der Waals surface area contributed by atoms with E-state index in [1.54, 1.807) is 7.11 Å². The van der Waals surface area contributed by atoms with E-state index in [-0.39, 0.29) is 0 Å². The molecule has 0 bridgehead atoms. The number of imidazole rings is 1. The SMILES string of the molecule is COCC(O)Cn1c(C)nc2cc(N)ccc21. The summed E-state index contributed by atoms with van der Waals surface area (Å²) in [5.74, 6) is 0.862. The van der Waals surface area contributed by atoms with Crippen LogP contribution in [0.25, 0.3) is 11.0 Å². The molecule has 5 nitrogen and oxygen atoms in total. The predicted octanol–water partition coefficient (Wildman–Crippen LogP) is 0.934. The lowest BCUT2D eigenvalue weighted by molar-refractivity contribution is 0.0540. The van der Waals surface area contributed by atoms with Gasteiger partial charge in [0, 0.05) is 12.8 Å². The summed E-state index contributed by atoms with van der Waals surface area (Å²) in [4.78, 5) is 4.42. The zero-order valence-electron chi connectivity index (χ0n) is 10.1. The number of anilines is 1. The van der Waals surface area contributed by atoms with Crippen LogP contribution in [0.1, 0.15) is 5.82 Å². The van der Waals surface area contributed by atoms with Gasteiger partial charge >= 0.3 is 0 Å². The van der Waals surface area contributed by atoms with Crippen LogP contribution < -0.4 is 5.73 Å². The maximum atomic E-state index is 9.76. The maximum Gasteiger partial charge on any atom is 0.106 e. The fourth-order valence-electron chi connectivity index (χ4n) is 1.95. The molecule has 0 spiro atoms. The van der Waals surface area contributed by atoms with Gasteiger partial charge in [0.05, 0.1) is 30.3 Å². The highest BCUT2D eigenvalue weighted by Gasteiger charge is 2.11. The zero-order chi connectivity index (χ0) is 12.4. The van der Waals surface area contributed by atoms with E-state index in [1.165, 1.54) is 0 Å². The molecule has 1 unspecified atom stereocenters. The number of aliphatic hydroxyl groups is 1. The van der Waals surface area contributed by atoms with Crippen molar-refractivity contribution in [2.24, 2.45) is 0 Å². The molecule has 0 aliphatic carbocycles. The first kappa shape index (κ1) is 11.9. The van der Waals surface area contributed by atoms with Crippen LogP contribution in [0.15, 0.2) is 18.2 Å². The summed E-state index contributed by atoms with van der Waals surface area (Å²) in [6, 6.07) is 5.59. The smallest absolute Gasteiger partial charge is 0.106 e. The molecule has 0 saturated carbocycles. The Morgan fingerprint density at radius 3 is 3.00 bits per heavy atom. The third kappa shape index (κ3) is 2.40. The molecule has 5 heteroatoms. The zero-order valence-corrected chi connectivity index (χ0v) is 10.1. The fraction of sp³-hybridized carbons (Fsp3) is 0.417. The minimum absolute atomic E-state index is 0.314. The average Bonchev–Trinajstić information content (AvgIpc) is 2.55. The summed E-state index contributed by atoms with van der Waals surface area (Å²) < 4.78 is 6.89. The molecule has 3 N–H and O–H groups in total. The third-order valence-corrected chi connectivity index (χ3v) is 2.72. The van der Waals surface area contributed by atoms with Crippen LogP contribution in [0, 0.1) is 6.92 Å². The van der Waals surface area contributed by atoms with Crippen LogP contribution in [0.4, 0.5) is 5.69 Å². The molecule has 92 valence electrons. The van der Waals surface area contributed by atoms with Crippen molar-refractivity contribution >= 4 is 16.7 Å². The van der Waals surface area contributed by atoms with Gasteiger partial charge in [0.2, 0.25) is 0 Å². The van der Waals surface area contributed by atoms with Gasteiger partial charge < -0.3 is 20.1 Å². The van der Waals surface area contributed by atoms with Crippen molar-refractivity contribution in [2.45, 2.75) is 19.6 Å². The van der Waals surface area contributed by atoms with E-state index >= 15 is 0 Å². The van der Waals surface area contributed by atoms with Crippen molar-refractivity contribution in [3.63, 3.8) is 0 Å². The van der Waals surface area contributed by atoms with Crippen molar-refractivity contribution in [1.29, 1.82) is 0 Å². The number of nitrogen functional groups attached to an aromatic ring is 1. The Morgan fingerprint density at radius 2 is 2.29 bits per heavy atom. The van der Waals surface area contributed by atoms with Gasteiger partial charge in [-0.1, -0.05) is 0 Å².